The van der Waals surface area contributed by atoms with Gasteiger partial charge in [-0.05, 0) is 24.6 Å². The minimum Gasteiger partial charge on any atom is -0.497 e. The van der Waals surface area contributed by atoms with E-state index in [9.17, 15) is 4.79 Å². The number of hydrogen-bond donors (Lipinski definition) is 1. The van der Waals surface area contributed by atoms with Crippen LogP contribution in [0.1, 0.15) is 23.6 Å². The van der Waals surface area contributed by atoms with E-state index in [1.165, 1.54) is 12.4 Å². The molecule has 2 N–H and O–H groups in total. The van der Waals surface area contributed by atoms with Crippen molar-refractivity contribution in [3.63, 3.8) is 0 Å². The highest BCUT2D eigenvalue weighted by Crippen LogP contribution is 2.36. The number of benzene rings is 1. The molecule has 1 aliphatic rings. The van der Waals surface area contributed by atoms with E-state index in [1.54, 1.807) is 37.3 Å². The number of carbonyl (C=O) groups excluding carboxylic acids is 1. The van der Waals surface area contributed by atoms with E-state index in [-0.39, 0.29) is 11.9 Å². The maximum absolute atomic E-state index is 12.0. The smallest absolute Gasteiger partial charge is 0.246 e. The normalized spacial score (nSPS) is 15.3. The molecule has 1 atom stereocenters. The molecule has 0 unspecified atom stereocenters. The fraction of sp³-hybridized carbons (Fsp3) is 0.261. The number of nitrogen functional groups attached to an aromatic ring is 1. The molecule has 8 nitrogen and oxygen atoms in total. The van der Waals surface area contributed by atoms with Gasteiger partial charge in [0, 0.05) is 24.7 Å². The van der Waals surface area contributed by atoms with E-state index in [0.717, 1.165) is 6.42 Å². The zero-order valence-electron chi connectivity index (χ0n) is 17.8. The van der Waals surface area contributed by atoms with Crippen molar-refractivity contribution in [3.8, 4) is 23.3 Å². The predicted molar refractivity (Wildman–Crippen MR) is 123 cm³/mol. The van der Waals surface area contributed by atoms with E-state index in [1.807, 2.05) is 4.57 Å². The molecule has 1 aliphatic heterocycles. The van der Waals surface area contributed by atoms with Gasteiger partial charge in [0.05, 0.1) is 31.2 Å². The molecule has 164 valence electrons. The summed E-state index contributed by atoms with van der Waals surface area (Å²) in [6.07, 6.45) is 3.44. The number of nitrogens with two attached hydrogens (primary N) is 1. The zero-order valence-corrected chi connectivity index (χ0v) is 18.5. The van der Waals surface area contributed by atoms with Crippen LogP contribution in [-0.4, -0.2) is 52.7 Å². The maximum atomic E-state index is 12.0. The largest absolute Gasteiger partial charge is 0.497 e. The van der Waals surface area contributed by atoms with Crippen LogP contribution in [0.25, 0.3) is 11.0 Å². The number of methoxy groups -OCH3 is 2. The van der Waals surface area contributed by atoms with Crippen LogP contribution in [0.2, 0.25) is 5.15 Å². The van der Waals surface area contributed by atoms with E-state index < -0.39 is 0 Å². The molecule has 0 spiro atoms. The molecule has 1 amide bonds. The van der Waals surface area contributed by atoms with Crippen molar-refractivity contribution in [2.45, 2.75) is 12.5 Å². The molecule has 4 rings (SSSR count). The van der Waals surface area contributed by atoms with Crippen molar-refractivity contribution in [1.29, 1.82) is 0 Å². The van der Waals surface area contributed by atoms with E-state index in [0.29, 0.717) is 57.7 Å². The lowest BCUT2D eigenvalue weighted by molar-refractivity contribution is -0.125. The summed E-state index contributed by atoms with van der Waals surface area (Å²) in [6.45, 7) is 4.67. The summed E-state index contributed by atoms with van der Waals surface area (Å²) in [7, 11) is 3.16. The third kappa shape index (κ3) is 3.83. The number of aromatic nitrogens is 3. The first-order chi connectivity index (χ1) is 15.5. The molecule has 2 aromatic heterocycles. The third-order valence-electron chi connectivity index (χ3n) is 5.45. The monoisotopic (exact) mass is 451 g/mol. The van der Waals surface area contributed by atoms with Crippen molar-refractivity contribution in [1.82, 2.24) is 19.4 Å². The van der Waals surface area contributed by atoms with Gasteiger partial charge < -0.3 is 24.7 Å². The summed E-state index contributed by atoms with van der Waals surface area (Å²) in [5.41, 5.74) is 8.01. The van der Waals surface area contributed by atoms with Crippen LogP contribution < -0.4 is 15.2 Å². The number of amides is 1. The number of nitrogens with zero attached hydrogens (tertiary/aromatic N) is 4. The van der Waals surface area contributed by atoms with Crippen LogP contribution in [0.5, 0.6) is 11.5 Å². The standard InChI is InChI=1S/C23H22ClN5O3/c1-4-19(30)28-8-7-15(12-28)29-21(24)18(20-22(25)26-13-27-23(20)29)6-5-14-9-16(31-2)11-17(10-14)32-3/h4,9-11,13,15H,1,7-8,12H2,2-3H3,(H2,25,26,27)/t15-/m0/s1. The third-order valence-corrected chi connectivity index (χ3v) is 5.82. The van der Waals surface area contributed by atoms with Gasteiger partial charge in [-0.1, -0.05) is 30.0 Å². The summed E-state index contributed by atoms with van der Waals surface area (Å²) in [5.74, 6) is 7.69. The first-order valence-corrected chi connectivity index (χ1v) is 10.3. The first kappa shape index (κ1) is 21.5. The average Bonchev–Trinajstić information content (AvgIpc) is 3.39. The van der Waals surface area contributed by atoms with Crippen molar-refractivity contribution >= 4 is 34.4 Å². The van der Waals surface area contributed by atoms with Crippen LogP contribution in [-0.2, 0) is 4.79 Å². The molecule has 9 heteroatoms. The number of ether oxygens (including phenoxy) is 2. The van der Waals surface area contributed by atoms with E-state index in [2.05, 4.69) is 28.4 Å². The van der Waals surface area contributed by atoms with Crippen LogP contribution in [0.15, 0.2) is 37.2 Å². The van der Waals surface area contributed by atoms with Gasteiger partial charge in [-0.3, -0.25) is 4.79 Å². The molecule has 32 heavy (non-hydrogen) atoms. The molecule has 0 bridgehead atoms. The minimum atomic E-state index is -0.110. The van der Waals surface area contributed by atoms with E-state index in [4.69, 9.17) is 26.8 Å². The maximum Gasteiger partial charge on any atom is 0.246 e. The fourth-order valence-electron chi connectivity index (χ4n) is 3.87. The number of fused-ring (bicyclic) bond motifs is 1. The molecule has 1 fully saturated rings. The van der Waals surface area contributed by atoms with Gasteiger partial charge in [0.1, 0.15) is 34.4 Å². The highest BCUT2D eigenvalue weighted by Gasteiger charge is 2.31. The SMILES string of the molecule is C=CC(=O)N1CC[C@H](n2c(Cl)c(C#Cc3cc(OC)cc(OC)c3)c3c(N)ncnc32)C1. The summed E-state index contributed by atoms with van der Waals surface area (Å²) >= 11 is 6.81. The molecule has 1 aromatic carbocycles. The Morgan fingerprint density at radius 2 is 1.97 bits per heavy atom. The lowest BCUT2D eigenvalue weighted by atomic mass is 10.1. The highest BCUT2D eigenvalue weighted by atomic mass is 35.5. The van der Waals surface area contributed by atoms with Crippen molar-refractivity contribution < 1.29 is 14.3 Å². The van der Waals surface area contributed by atoms with E-state index >= 15 is 0 Å². The Bertz CT molecular complexity index is 1250. The van der Waals surface area contributed by atoms with Crippen LogP contribution in [0.4, 0.5) is 5.82 Å². The Morgan fingerprint density at radius 3 is 2.62 bits per heavy atom. The number of halogens is 1. The quantitative estimate of drug-likeness (QED) is 0.484. The number of carbonyl (C=O) groups is 1. The Morgan fingerprint density at radius 1 is 1.25 bits per heavy atom. The highest BCUT2D eigenvalue weighted by molar-refractivity contribution is 6.32. The Balaban J connectivity index is 1.81. The summed E-state index contributed by atoms with van der Waals surface area (Å²) in [5, 5.41) is 1.00. The fourth-order valence-corrected chi connectivity index (χ4v) is 4.23. The number of anilines is 1. The van der Waals surface area contributed by atoms with Gasteiger partial charge >= 0.3 is 0 Å². The minimum absolute atomic E-state index is 0.0596. The number of hydrogen-bond acceptors (Lipinski definition) is 6. The lowest BCUT2D eigenvalue weighted by Crippen LogP contribution is -2.27. The van der Waals surface area contributed by atoms with Crippen LogP contribution in [0.3, 0.4) is 0 Å². The summed E-state index contributed by atoms with van der Waals surface area (Å²) in [6, 6.07) is 5.32. The average molecular weight is 452 g/mol. The molecule has 3 heterocycles. The summed E-state index contributed by atoms with van der Waals surface area (Å²) in [4.78, 5) is 22.3. The molecule has 0 saturated carbocycles. The summed E-state index contributed by atoms with van der Waals surface area (Å²) < 4.78 is 12.5. The second-order valence-electron chi connectivity index (χ2n) is 7.28. The number of rotatable bonds is 4. The topological polar surface area (TPSA) is 95.5 Å². The Labute approximate surface area is 190 Å². The zero-order chi connectivity index (χ0) is 22.8. The molecule has 0 aliphatic carbocycles. The first-order valence-electron chi connectivity index (χ1n) is 9.93. The molecule has 3 aromatic rings. The second kappa shape index (κ2) is 8.81. The van der Waals surface area contributed by atoms with Gasteiger partial charge in [-0.2, -0.15) is 0 Å². The van der Waals surface area contributed by atoms with Gasteiger partial charge in [-0.25, -0.2) is 9.97 Å². The lowest BCUT2D eigenvalue weighted by Gasteiger charge is -2.16. The number of likely N-dealkylation sites (tertiary alicyclic amines) is 1. The van der Waals surface area contributed by atoms with Gasteiger partial charge in [0.2, 0.25) is 5.91 Å². The Hall–Kier alpha value is -3.70. The van der Waals surface area contributed by atoms with Crippen molar-refractivity contribution in [3.05, 3.63) is 53.5 Å². The molecule has 0 radical (unpaired) electrons. The Kier molecular flexibility index (Phi) is 5.93. The van der Waals surface area contributed by atoms with Crippen LogP contribution >= 0.6 is 11.6 Å². The van der Waals surface area contributed by atoms with Gasteiger partial charge in [0.25, 0.3) is 0 Å². The van der Waals surface area contributed by atoms with Crippen molar-refractivity contribution in [2.75, 3.05) is 33.0 Å². The second-order valence-corrected chi connectivity index (χ2v) is 7.63. The predicted octanol–water partition coefficient (Wildman–Crippen LogP) is 3.04. The van der Waals surface area contributed by atoms with Gasteiger partial charge in [-0.15, -0.1) is 0 Å². The molecular weight excluding hydrogens is 430 g/mol. The molecule has 1 saturated heterocycles. The van der Waals surface area contributed by atoms with Gasteiger partial charge in [0.15, 0.2) is 0 Å². The van der Waals surface area contributed by atoms with Crippen LogP contribution in [0, 0.1) is 11.8 Å². The molecular formula is C23H22ClN5O3. The van der Waals surface area contributed by atoms with Crippen molar-refractivity contribution in [2.24, 2.45) is 0 Å².